The molecule has 6 rings (SSSR count). The third-order valence-corrected chi connectivity index (χ3v) is 8.70. The fourth-order valence-corrected chi connectivity index (χ4v) is 6.60. The number of ether oxygens (including phenoxy) is 2. The van der Waals surface area contributed by atoms with Gasteiger partial charge in [0, 0.05) is 11.4 Å². The molecular weight excluding hydrogens is 528 g/mol. The minimum absolute atomic E-state index is 0.119. The van der Waals surface area contributed by atoms with Gasteiger partial charge < -0.3 is 24.4 Å². The van der Waals surface area contributed by atoms with E-state index in [4.69, 9.17) is 26.8 Å². The van der Waals surface area contributed by atoms with Gasteiger partial charge in [-0.2, -0.15) is 0 Å². The topological polar surface area (TPSA) is 65.5 Å². The van der Waals surface area contributed by atoms with Crippen LogP contribution in [-0.2, 0) is 9.53 Å². The highest BCUT2D eigenvalue weighted by atomic mass is 32.2. The van der Waals surface area contributed by atoms with Crippen LogP contribution in [0.3, 0.4) is 0 Å². The fourth-order valence-electron chi connectivity index (χ4n) is 5.17. The maximum Gasteiger partial charge on any atom is 0.323 e. The molecule has 0 aromatic heterocycles. The van der Waals surface area contributed by atoms with Crippen molar-refractivity contribution < 1.29 is 19.4 Å². The second-order valence-electron chi connectivity index (χ2n) is 9.97. The van der Waals surface area contributed by atoms with Crippen molar-refractivity contribution >= 4 is 51.7 Å². The van der Waals surface area contributed by atoms with Gasteiger partial charge in [0.15, 0.2) is 17.7 Å². The van der Waals surface area contributed by atoms with Gasteiger partial charge in [-0.1, -0.05) is 92.6 Å². The van der Waals surface area contributed by atoms with Crippen LogP contribution in [0.2, 0.25) is 0 Å². The van der Waals surface area contributed by atoms with Crippen molar-refractivity contribution in [3.63, 3.8) is 0 Å². The molecule has 0 saturated carbocycles. The zero-order valence-corrected chi connectivity index (χ0v) is 23.3. The Morgan fingerprint density at radius 3 is 2.56 bits per heavy atom. The predicted molar refractivity (Wildman–Crippen MR) is 161 cm³/mol. The van der Waals surface area contributed by atoms with E-state index in [0.717, 1.165) is 57.4 Å². The number of carboxylic acids is 1. The largest absolute Gasteiger partial charge is 0.480 e. The smallest absolute Gasteiger partial charge is 0.323 e. The summed E-state index contributed by atoms with van der Waals surface area (Å²) in [6.07, 6.45) is 6.54. The second-order valence-corrected chi connectivity index (χ2v) is 11.7. The standard InChI is InChI=1S/C31H30N2O4S2/c1-2-3-4-7-16-32-23-8-5-6-9-25(23)36-26-18-22(14-15-24(26)32)21-12-10-20(11-13-21)17-27-29-30(37-29)33(19-28(34)35)31(38)39-27/h5-6,8-15,17-18,29-30H,2-4,7,16,19H2,1H3,(H,34,35)/b27-17-. The van der Waals surface area contributed by atoms with E-state index in [2.05, 4.69) is 72.5 Å². The van der Waals surface area contributed by atoms with Crippen LogP contribution in [0.25, 0.3) is 17.2 Å². The number of para-hydroxylation sites is 2. The van der Waals surface area contributed by atoms with Gasteiger partial charge in [-0.15, -0.1) is 0 Å². The Hall–Kier alpha value is -3.33. The highest BCUT2D eigenvalue weighted by Crippen LogP contribution is 2.48. The summed E-state index contributed by atoms with van der Waals surface area (Å²) in [6.45, 7) is 3.07. The van der Waals surface area contributed by atoms with E-state index in [1.807, 2.05) is 12.1 Å². The first-order valence-corrected chi connectivity index (χ1v) is 14.6. The number of thioether (sulfide) groups is 1. The zero-order chi connectivity index (χ0) is 26.9. The summed E-state index contributed by atoms with van der Waals surface area (Å²) >= 11 is 6.84. The van der Waals surface area contributed by atoms with E-state index in [0.29, 0.717) is 4.32 Å². The molecule has 2 saturated heterocycles. The molecule has 2 unspecified atom stereocenters. The van der Waals surface area contributed by atoms with Gasteiger partial charge in [0.25, 0.3) is 0 Å². The van der Waals surface area contributed by atoms with Crippen molar-refractivity contribution in [2.24, 2.45) is 0 Å². The third kappa shape index (κ3) is 5.41. The lowest BCUT2D eigenvalue weighted by Crippen LogP contribution is -2.39. The molecule has 8 heteroatoms. The summed E-state index contributed by atoms with van der Waals surface area (Å²) in [6, 6.07) is 23.1. The molecule has 200 valence electrons. The Bertz CT molecular complexity index is 1440. The number of aliphatic carboxylic acids is 1. The van der Waals surface area contributed by atoms with Crippen LogP contribution in [0.5, 0.6) is 11.5 Å². The molecule has 3 aromatic carbocycles. The Morgan fingerprint density at radius 1 is 1.00 bits per heavy atom. The first-order valence-electron chi connectivity index (χ1n) is 13.4. The number of hydrogen-bond acceptors (Lipinski definition) is 6. The Labute approximate surface area is 238 Å². The number of anilines is 2. The fraction of sp³-hybridized carbons (Fsp3) is 0.290. The minimum atomic E-state index is -0.910. The van der Waals surface area contributed by atoms with Gasteiger partial charge in [-0.05, 0) is 53.5 Å². The van der Waals surface area contributed by atoms with Crippen LogP contribution in [0, 0.1) is 0 Å². The maximum atomic E-state index is 11.1. The van der Waals surface area contributed by atoms with E-state index >= 15 is 0 Å². The number of fused-ring (bicyclic) bond motifs is 3. The van der Waals surface area contributed by atoms with Crippen LogP contribution < -0.4 is 9.64 Å². The van der Waals surface area contributed by atoms with Crippen molar-refractivity contribution in [1.29, 1.82) is 0 Å². The number of thiocarbonyl (C=S) groups is 1. The lowest BCUT2D eigenvalue weighted by molar-refractivity contribution is -0.137. The number of benzene rings is 3. The first kappa shape index (κ1) is 25.9. The molecule has 3 heterocycles. The van der Waals surface area contributed by atoms with Crippen LogP contribution in [0.1, 0.15) is 38.2 Å². The molecule has 2 atom stereocenters. The normalized spacial score (nSPS) is 20.2. The van der Waals surface area contributed by atoms with Crippen molar-refractivity contribution in [1.82, 2.24) is 4.90 Å². The molecule has 0 radical (unpaired) electrons. The first-order chi connectivity index (χ1) is 19.0. The molecule has 6 nitrogen and oxygen atoms in total. The van der Waals surface area contributed by atoms with Gasteiger partial charge in [0.2, 0.25) is 0 Å². The van der Waals surface area contributed by atoms with Crippen LogP contribution in [0.4, 0.5) is 11.4 Å². The number of nitrogens with zero attached hydrogens (tertiary/aromatic N) is 2. The molecule has 2 fully saturated rings. The van der Waals surface area contributed by atoms with E-state index in [-0.39, 0.29) is 18.9 Å². The molecule has 3 aliphatic rings. The lowest BCUT2D eigenvalue weighted by atomic mass is 10.0. The summed E-state index contributed by atoms with van der Waals surface area (Å²) < 4.78 is 12.6. The number of epoxide rings is 1. The third-order valence-electron chi connectivity index (χ3n) is 7.22. The quantitative estimate of drug-likeness (QED) is 0.163. The highest BCUT2D eigenvalue weighted by Gasteiger charge is 2.52. The molecule has 39 heavy (non-hydrogen) atoms. The van der Waals surface area contributed by atoms with Gasteiger partial charge >= 0.3 is 5.97 Å². The molecule has 0 bridgehead atoms. The number of carboxylic acid groups (broad SMARTS) is 1. The number of rotatable bonds is 9. The van der Waals surface area contributed by atoms with Gasteiger partial charge in [0.05, 0.1) is 11.4 Å². The Balaban J connectivity index is 1.20. The average molecular weight is 559 g/mol. The second kappa shape index (κ2) is 11.0. The Morgan fingerprint density at radius 2 is 1.77 bits per heavy atom. The van der Waals surface area contributed by atoms with Gasteiger partial charge in [-0.25, -0.2) is 0 Å². The van der Waals surface area contributed by atoms with E-state index in [1.165, 1.54) is 31.0 Å². The molecule has 0 spiro atoms. The monoisotopic (exact) mass is 558 g/mol. The van der Waals surface area contributed by atoms with Crippen LogP contribution >= 0.6 is 24.0 Å². The SMILES string of the molecule is CCCCCCN1c2ccccc2Oc2cc(-c3ccc(/C=C4\SC(=S)N(CC(=O)O)C5OC45)cc3)ccc21. The van der Waals surface area contributed by atoms with Crippen molar-refractivity contribution in [3.8, 4) is 22.6 Å². The van der Waals surface area contributed by atoms with E-state index < -0.39 is 5.97 Å². The zero-order valence-electron chi connectivity index (χ0n) is 21.7. The molecular formula is C31H30N2O4S2. The number of unbranched alkanes of at least 4 members (excludes halogenated alkanes) is 3. The lowest BCUT2D eigenvalue weighted by Gasteiger charge is -2.33. The van der Waals surface area contributed by atoms with Crippen molar-refractivity contribution in [2.75, 3.05) is 18.0 Å². The van der Waals surface area contributed by atoms with E-state index in [9.17, 15) is 4.79 Å². The highest BCUT2D eigenvalue weighted by molar-refractivity contribution is 8.25. The minimum Gasteiger partial charge on any atom is -0.480 e. The molecule has 0 amide bonds. The maximum absolute atomic E-state index is 11.1. The van der Waals surface area contributed by atoms with Gasteiger partial charge in [-0.3, -0.25) is 4.79 Å². The van der Waals surface area contributed by atoms with Crippen LogP contribution in [-0.4, -0.2) is 45.7 Å². The Kier molecular flexibility index (Phi) is 7.34. The summed E-state index contributed by atoms with van der Waals surface area (Å²) in [5.41, 5.74) is 5.49. The molecule has 1 N–H and O–H groups in total. The molecule has 3 aromatic rings. The summed E-state index contributed by atoms with van der Waals surface area (Å²) in [5, 5.41) is 9.12. The van der Waals surface area contributed by atoms with Gasteiger partial charge in [0.1, 0.15) is 17.0 Å². The number of hydrogen-bond donors (Lipinski definition) is 1. The summed E-state index contributed by atoms with van der Waals surface area (Å²) in [4.78, 5) is 16.2. The van der Waals surface area contributed by atoms with Crippen molar-refractivity contribution in [2.45, 2.75) is 44.9 Å². The summed E-state index contributed by atoms with van der Waals surface area (Å²) in [5.74, 6) is 0.861. The summed E-state index contributed by atoms with van der Waals surface area (Å²) in [7, 11) is 0. The van der Waals surface area contributed by atoms with E-state index in [1.54, 1.807) is 4.90 Å². The molecule has 0 aliphatic carbocycles. The molecule has 3 aliphatic heterocycles. The predicted octanol–water partition coefficient (Wildman–Crippen LogP) is 7.66. The van der Waals surface area contributed by atoms with Crippen LogP contribution in [0.15, 0.2) is 71.6 Å². The van der Waals surface area contributed by atoms with Crippen molar-refractivity contribution in [3.05, 3.63) is 77.2 Å². The number of carbonyl (C=O) groups is 1. The average Bonchev–Trinajstić information content (AvgIpc) is 3.74.